The Hall–Kier alpha value is -1.40. The Morgan fingerprint density at radius 3 is 2.07 bits per heavy atom. The molecule has 0 aromatic carbocycles. The van der Waals surface area contributed by atoms with Crippen molar-refractivity contribution in [2.75, 3.05) is 20.8 Å². The van der Waals surface area contributed by atoms with Crippen molar-refractivity contribution in [2.45, 2.75) is 78.4 Å². The summed E-state index contributed by atoms with van der Waals surface area (Å²) in [6.45, 7) is 17.5. The van der Waals surface area contributed by atoms with Crippen LogP contribution in [0, 0.1) is 16.7 Å². The van der Waals surface area contributed by atoms with Gasteiger partial charge < -0.3 is 13.9 Å². The van der Waals surface area contributed by atoms with E-state index < -0.39 is 19.1 Å². The highest BCUT2D eigenvalue weighted by molar-refractivity contribution is 6.77. The second-order valence-corrected chi connectivity index (χ2v) is 15.6. The summed E-state index contributed by atoms with van der Waals surface area (Å²) in [6.07, 6.45) is 4.33. The van der Waals surface area contributed by atoms with E-state index in [1.54, 1.807) is 13.2 Å². The number of rotatable bonds is 8. The molecule has 170 valence electrons. The lowest BCUT2D eigenvalue weighted by molar-refractivity contribution is -0.147. The summed E-state index contributed by atoms with van der Waals surface area (Å²) in [5.74, 6) is -0.0525. The molecule has 2 rings (SSSR count). The van der Waals surface area contributed by atoms with E-state index in [9.17, 15) is 9.59 Å². The normalized spacial score (nSPS) is 26.0. The number of Topliss-reactive ketones (excluding diaryl/α,β-unsaturated/α-hetero) is 1. The van der Waals surface area contributed by atoms with E-state index in [0.29, 0.717) is 34.4 Å². The Labute approximate surface area is 183 Å². The third-order valence-corrected chi connectivity index (χ3v) is 13.8. The minimum absolute atomic E-state index is 0.0821. The number of hydrogen-bond acceptors (Lipinski definition) is 5. The van der Waals surface area contributed by atoms with Crippen LogP contribution in [0.25, 0.3) is 0 Å². The van der Waals surface area contributed by atoms with Crippen molar-refractivity contribution >= 4 is 20.1 Å². The first-order chi connectivity index (χ1) is 13.8. The van der Waals surface area contributed by atoms with Crippen LogP contribution in [-0.4, -0.2) is 40.9 Å². The first kappa shape index (κ1) is 24.9. The number of ketones is 1. The number of esters is 1. The monoisotopic (exact) mass is 436 g/mol. The van der Waals surface area contributed by atoms with E-state index in [-0.39, 0.29) is 24.3 Å². The molecule has 2 atom stereocenters. The van der Waals surface area contributed by atoms with Gasteiger partial charge in [-0.1, -0.05) is 61.5 Å². The Kier molecular flexibility index (Phi) is 7.14. The molecular formula is C24H40O5Si. The number of fused-ring (bicyclic) bond motifs is 2. The summed E-state index contributed by atoms with van der Waals surface area (Å²) in [4.78, 5) is 26.5. The van der Waals surface area contributed by atoms with Gasteiger partial charge in [0.05, 0.1) is 20.8 Å². The van der Waals surface area contributed by atoms with Crippen LogP contribution in [0.5, 0.6) is 0 Å². The molecule has 0 radical (unpaired) electrons. The summed E-state index contributed by atoms with van der Waals surface area (Å²) in [5.41, 5.74) is -0.158. The van der Waals surface area contributed by atoms with Crippen molar-refractivity contribution < 1.29 is 23.5 Å². The number of methoxy groups -OCH3 is 2. The zero-order valence-corrected chi connectivity index (χ0v) is 21.4. The fraction of sp³-hybridized carbons (Fsp3) is 0.750. The van der Waals surface area contributed by atoms with Gasteiger partial charge in [-0.2, -0.15) is 0 Å². The lowest BCUT2D eigenvalue weighted by atomic mass is 9.51. The van der Waals surface area contributed by atoms with Gasteiger partial charge in [-0.3, -0.25) is 4.79 Å². The van der Waals surface area contributed by atoms with E-state index >= 15 is 0 Å². The van der Waals surface area contributed by atoms with Crippen molar-refractivity contribution in [1.82, 2.24) is 0 Å². The summed E-state index contributed by atoms with van der Waals surface area (Å²) in [6, 6.07) is 0. The molecule has 5 nitrogen and oxygen atoms in total. The molecule has 0 saturated heterocycles. The third kappa shape index (κ3) is 3.40. The molecule has 2 bridgehead atoms. The van der Waals surface area contributed by atoms with Crippen LogP contribution in [0.2, 0.25) is 16.6 Å². The molecule has 6 heteroatoms. The fourth-order valence-electron chi connectivity index (χ4n) is 6.10. The van der Waals surface area contributed by atoms with Gasteiger partial charge in [-0.25, -0.2) is 4.79 Å². The third-order valence-electron chi connectivity index (χ3n) is 7.71. The Morgan fingerprint density at radius 1 is 1.10 bits per heavy atom. The first-order valence-corrected chi connectivity index (χ1v) is 13.2. The highest BCUT2D eigenvalue weighted by Gasteiger charge is 2.64. The Balaban J connectivity index is 2.66. The zero-order chi connectivity index (χ0) is 23.1. The maximum absolute atomic E-state index is 13.8. The quantitative estimate of drug-likeness (QED) is 0.375. The highest BCUT2D eigenvalue weighted by atomic mass is 28.4. The lowest BCUT2D eigenvalue weighted by Crippen LogP contribution is -2.60. The minimum atomic E-state index is -2.24. The van der Waals surface area contributed by atoms with Gasteiger partial charge in [0.2, 0.25) is 0 Å². The largest absolute Gasteiger partial charge is 0.500 e. The van der Waals surface area contributed by atoms with Crippen LogP contribution in [0.15, 0.2) is 23.5 Å². The SMILES string of the molecule is COC(=O)C1=C[C@@H]2CC=C(OC)[C@@](CO[Si](C(C)C)(C(C)C)C(C)C)(C2=O)C1(C)C. The number of carbonyl (C=O) groups is 2. The van der Waals surface area contributed by atoms with Crippen LogP contribution in [-0.2, 0) is 23.5 Å². The molecular weight excluding hydrogens is 396 g/mol. The van der Waals surface area contributed by atoms with Gasteiger partial charge in [-0.15, -0.1) is 0 Å². The number of allylic oxidation sites excluding steroid dienone is 2. The summed E-state index contributed by atoms with van der Waals surface area (Å²) in [5, 5.41) is 0. The summed E-state index contributed by atoms with van der Waals surface area (Å²) in [7, 11) is 0.752. The number of carbonyl (C=O) groups excluding carboxylic acids is 2. The van der Waals surface area contributed by atoms with E-state index in [4.69, 9.17) is 13.9 Å². The number of ether oxygens (including phenoxy) is 2. The molecule has 0 aromatic heterocycles. The van der Waals surface area contributed by atoms with Gasteiger partial charge >= 0.3 is 5.97 Å². The molecule has 0 unspecified atom stereocenters. The number of hydrogen-bond donors (Lipinski definition) is 0. The minimum Gasteiger partial charge on any atom is -0.500 e. The van der Waals surface area contributed by atoms with Gasteiger partial charge in [0.15, 0.2) is 14.1 Å². The van der Waals surface area contributed by atoms with Crippen LogP contribution >= 0.6 is 0 Å². The molecule has 0 amide bonds. The van der Waals surface area contributed by atoms with E-state index in [2.05, 4.69) is 41.5 Å². The lowest BCUT2D eigenvalue weighted by Gasteiger charge is -2.54. The molecule has 0 saturated carbocycles. The Bertz CT molecular complexity index is 725. The van der Waals surface area contributed by atoms with Gasteiger partial charge in [0.1, 0.15) is 11.2 Å². The van der Waals surface area contributed by atoms with Crippen molar-refractivity contribution in [3.63, 3.8) is 0 Å². The van der Waals surface area contributed by atoms with E-state index in [1.807, 2.05) is 19.9 Å². The average Bonchev–Trinajstić information content (AvgIpc) is 2.65. The van der Waals surface area contributed by atoms with Crippen molar-refractivity contribution in [1.29, 1.82) is 0 Å². The van der Waals surface area contributed by atoms with Gasteiger partial charge in [0.25, 0.3) is 0 Å². The van der Waals surface area contributed by atoms with Crippen LogP contribution in [0.3, 0.4) is 0 Å². The second kappa shape index (κ2) is 8.62. The second-order valence-electron chi connectivity index (χ2n) is 10.2. The molecule has 0 spiro atoms. The highest BCUT2D eigenvalue weighted by Crippen LogP contribution is 2.58. The molecule has 0 aromatic rings. The van der Waals surface area contributed by atoms with Crippen LogP contribution in [0.1, 0.15) is 61.8 Å². The van der Waals surface area contributed by atoms with E-state index in [1.165, 1.54) is 7.11 Å². The summed E-state index contributed by atoms with van der Waals surface area (Å²) < 4.78 is 17.8. The molecule has 2 aliphatic rings. The predicted octanol–water partition coefficient (Wildman–Crippen LogP) is 5.42. The Morgan fingerprint density at radius 2 is 1.63 bits per heavy atom. The molecule has 0 fully saturated rings. The molecule has 0 aliphatic heterocycles. The maximum atomic E-state index is 13.8. The van der Waals surface area contributed by atoms with Gasteiger partial charge in [-0.05, 0) is 29.1 Å². The maximum Gasteiger partial charge on any atom is 0.334 e. The van der Waals surface area contributed by atoms with Crippen molar-refractivity contribution in [3.05, 3.63) is 23.5 Å². The molecule has 2 aliphatic carbocycles. The van der Waals surface area contributed by atoms with E-state index in [0.717, 1.165) is 0 Å². The van der Waals surface area contributed by atoms with Crippen molar-refractivity contribution in [2.24, 2.45) is 16.7 Å². The first-order valence-electron chi connectivity index (χ1n) is 11.1. The smallest absolute Gasteiger partial charge is 0.334 e. The summed E-state index contributed by atoms with van der Waals surface area (Å²) >= 11 is 0. The fourth-order valence-corrected chi connectivity index (χ4v) is 11.6. The van der Waals surface area contributed by atoms with Crippen LogP contribution in [0.4, 0.5) is 0 Å². The average molecular weight is 437 g/mol. The van der Waals surface area contributed by atoms with Crippen LogP contribution < -0.4 is 0 Å². The van der Waals surface area contributed by atoms with Gasteiger partial charge in [0, 0.05) is 16.9 Å². The zero-order valence-electron chi connectivity index (χ0n) is 20.4. The molecule has 30 heavy (non-hydrogen) atoms. The molecule has 0 N–H and O–H groups in total. The van der Waals surface area contributed by atoms with Crippen molar-refractivity contribution in [3.8, 4) is 0 Å². The predicted molar refractivity (Wildman–Crippen MR) is 122 cm³/mol. The standard InChI is InChI=1S/C24H40O5Si/c1-15(2)30(16(3)4,17(5)6)29-14-24-20(27-9)12-11-18(21(24)25)13-19(22(26)28-10)23(24,7)8/h12-13,15-18H,11,14H2,1-10H3/t18-,24-/m0/s1. The topological polar surface area (TPSA) is 61.8 Å². The molecule has 0 heterocycles.